The number of carbonyl (C=O) groups excluding carboxylic acids is 1. The molecule has 12 heteroatoms. The van der Waals surface area contributed by atoms with Gasteiger partial charge in [0.05, 0.1) is 27.1 Å². The van der Waals surface area contributed by atoms with Crippen LogP contribution in [-0.2, 0) is 11.0 Å². The highest BCUT2D eigenvalue weighted by atomic mass is 32.2. The summed E-state index contributed by atoms with van der Waals surface area (Å²) < 4.78 is 41.9. The van der Waals surface area contributed by atoms with Crippen molar-refractivity contribution in [3.8, 4) is 5.69 Å². The summed E-state index contributed by atoms with van der Waals surface area (Å²) >= 11 is 1.02. The van der Waals surface area contributed by atoms with Crippen molar-refractivity contribution in [3.05, 3.63) is 70.0 Å². The Morgan fingerprint density at radius 2 is 1.94 bits per heavy atom. The molecule has 0 bridgehead atoms. The van der Waals surface area contributed by atoms with Crippen LogP contribution in [0.5, 0.6) is 0 Å². The molecule has 1 fully saturated rings. The molecule has 2 aromatic carbocycles. The minimum Gasteiger partial charge on any atom is -0.325 e. The molecule has 1 saturated carbocycles. The van der Waals surface area contributed by atoms with Crippen molar-refractivity contribution in [1.82, 2.24) is 14.8 Å². The zero-order chi connectivity index (χ0) is 23.8. The van der Waals surface area contributed by atoms with Crippen LogP contribution in [0.1, 0.15) is 37.1 Å². The molecular weight excluding hydrogens is 459 g/mol. The standard InChI is InChI=1S/C21H18F3N5O3S/c1-12(19(30)25-17-10-9-15(29(31)32)11-16(17)21(22,23)24)33-20-26-18(13-7-8-13)28(27-20)14-5-3-2-4-6-14/h2-6,9-13H,7-8H2,1H3,(H,25,30). The van der Waals surface area contributed by atoms with E-state index in [4.69, 9.17) is 0 Å². The number of thioether (sulfide) groups is 1. The normalized spacial score (nSPS) is 14.7. The summed E-state index contributed by atoms with van der Waals surface area (Å²) in [4.78, 5) is 27.1. The van der Waals surface area contributed by atoms with E-state index in [0.717, 1.165) is 48.2 Å². The zero-order valence-corrected chi connectivity index (χ0v) is 18.1. The van der Waals surface area contributed by atoms with Crippen LogP contribution in [0, 0.1) is 10.1 Å². The number of aromatic nitrogens is 3. The van der Waals surface area contributed by atoms with Crippen molar-refractivity contribution in [2.45, 2.75) is 42.3 Å². The second-order valence-corrected chi connectivity index (χ2v) is 8.82. The van der Waals surface area contributed by atoms with Crippen molar-refractivity contribution in [2.24, 2.45) is 0 Å². The molecule has 8 nitrogen and oxygen atoms in total. The number of nitrogens with one attached hydrogen (secondary N) is 1. The van der Waals surface area contributed by atoms with Gasteiger partial charge in [0.15, 0.2) is 0 Å². The minimum atomic E-state index is -4.87. The van der Waals surface area contributed by atoms with E-state index in [2.05, 4.69) is 15.4 Å². The van der Waals surface area contributed by atoms with Crippen molar-refractivity contribution in [2.75, 3.05) is 5.32 Å². The largest absolute Gasteiger partial charge is 0.418 e. The van der Waals surface area contributed by atoms with Gasteiger partial charge in [0.2, 0.25) is 11.1 Å². The van der Waals surface area contributed by atoms with Crippen LogP contribution in [0.2, 0.25) is 0 Å². The first-order valence-corrected chi connectivity index (χ1v) is 10.9. The van der Waals surface area contributed by atoms with E-state index < -0.39 is 39.2 Å². The summed E-state index contributed by atoms with van der Waals surface area (Å²) in [6, 6.07) is 11.6. The second-order valence-electron chi connectivity index (χ2n) is 7.51. The molecule has 33 heavy (non-hydrogen) atoms. The molecule has 1 aromatic heterocycles. The van der Waals surface area contributed by atoms with E-state index in [-0.39, 0.29) is 5.92 Å². The monoisotopic (exact) mass is 477 g/mol. The summed E-state index contributed by atoms with van der Waals surface area (Å²) in [6.07, 6.45) is -2.89. The predicted octanol–water partition coefficient (Wildman–Crippen LogP) is 5.19. The summed E-state index contributed by atoms with van der Waals surface area (Å²) in [6.45, 7) is 1.53. The third-order valence-corrected chi connectivity index (χ3v) is 5.94. The number of amides is 1. The average molecular weight is 477 g/mol. The smallest absolute Gasteiger partial charge is 0.325 e. The first-order chi connectivity index (χ1) is 15.6. The van der Waals surface area contributed by atoms with Crippen molar-refractivity contribution >= 4 is 29.0 Å². The lowest BCUT2D eigenvalue weighted by Crippen LogP contribution is -2.24. The van der Waals surface area contributed by atoms with Gasteiger partial charge in [-0.1, -0.05) is 30.0 Å². The van der Waals surface area contributed by atoms with Gasteiger partial charge in [0, 0.05) is 18.1 Å². The van der Waals surface area contributed by atoms with Gasteiger partial charge < -0.3 is 5.32 Å². The fraction of sp³-hybridized carbons (Fsp3) is 0.286. The fourth-order valence-corrected chi connectivity index (χ4v) is 3.91. The second kappa shape index (κ2) is 8.85. The van der Waals surface area contributed by atoms with Crippen LogP contribution in [0.25, 0.3) is 5.69 Å². The Morgan fingerprint density at radius 1 is 1.24 bits per heavy atom. The topological polar surface area (TPSA) is 103 Å². The van der Waals surface area contributed by atoms with Crippen molar-refractivity contribution < 1.29 is 22.9 Å². The van der Waals surface area contributed by atoms with Crippen molar-refractivity contribution in [3.63, 3.8) is 0 Å². The average Bonchev–Trinajstić information content (AvgIpc) is 3.53. The minimum absolute atomic E-state index is 0.283. The molecule has 1 amide bonds. The van der Waals surface area contributed by atoms with Gasteiger partial charge in [-0.3, -0.25) is 14.9 Å². The highest BCUT2D eigenvalue weighted by molar-refractivity contribution is 8.00. The van der Waals surface area contributed by atoms with Gasteiger partial charge in [-0.25, -0.2) is 9.67 Å². The number of nitrogens with zero attached hydrogens (tertiary/aromatic N) is 4. The molecule has 1 aliphatic rings. The number of anilines is 1. The molecular formula is C21H18F3N5O3S. The number of hydrogen-bond donors (Lipinski definition) is 1. The number of non-ortho nitro benzene ring substituents is 1. The Bertz CT molecular complexity index is 1200. The molecule has 1 unspecified atom stereocenters. The summed E-state index contributed by atoms with van der Waals surface area (Å²) in [5, 5.41) is 17.1. The summed E-state index contributed by atoms with van der Waals surface area (Å²) in [7, 11) is 0. The maximum Gasteiger partial charge on any atom is 0.418 e. The Balaban J connectivity index is 1.53. The van der Waals surface area contributed by atoms with E-state index in [1.54, 1.807) is 4.68 Å². The number of carbonyl (C=O) groups is 1. The third-order valence-electron chi connectivity index (χ3n) is 4.98. The van der Waals surface area contributed by atoms with Gasteiger partial charge in [-0.15, -0.1) is 5.10 Å². The van der Waals surface area contributed by atoms with Gasteiger partial charge in [0.25, 0.3) is 5.69 Å². The van der Waals surface area contributed by atoms with E-state index in [0.29, 0.717) is 11.2 Å². The summed E-state index contributed by atoms with van der Waals surface area (Å²) in [5.41, 5.74) is -1.72. The Hall–Kier alpha value is -3.41. The highest BCUT2D eigenvalue weighted by Crippen LogP contribution is 2.41. The van der Waals surface area contributed by atoms with Crippen LogP contribution < -0.4 is 5.32 Å². The molecule has 1 atom stereocenters. The maximum absolute atomic E-state index is 13.4. The molecule has 4 rings (SSSR count). The lowest BCUT2D eigenvalue weighted by atomic mass is 10.1. The van der Waals surface area contributed by atoms with Crippen LogP contribution in [0.15, 0.2) is 53.7 Å². The van der Waals surface area contributed by atoms with Gasteiger partial charge in [0.1, 0.15) is 5.82 Å². The number of hydrogen-bond acceptors (Lipinski definition) is 6. The molecule has 3 aromatic rings. The van der Waals surface area contributed by atoms with Crippen molar-refractivity contribution in [1.29, 1.82) is 0 Å². The molecule has 0 saturated heterocycles. The summed E-state index contributed by atoms with van der Waals surface area (Å²) in [5.74, 6) is 0.361. The lowest BCUT2D eigenvalue weighted by molar-refractivity contribution is -0.385. The number of nitro benzene ring substituents is 1. The fourth-order valence-electron chi connectivity index (χ4n) is 3.15. The Labute approximate surface area is 190 Å². The van der Waals surface area contributed by atoms with Crippen LogP contribution in [0.3, 0.4) is 0 Å². The molecule has 1 heterocycles. The van der Waals surface area contributed by atoms with Crippen LogP contribution >= 0.6 is 11.8 Å². The highest BCUT2D eigenvalue weighted by Gasteiger charge is 2.36. The number of halogens is 3. The molecule has 0 aliphatic heterocycles. The van der Waals surface area contributed by atoms with Crippen LogP contribution in [-0.4, -0.2) is 30.8 Å². The van der Waals surface area contributed by atoms with E-state index in [9.17, 15) is 28.1 Å². The van der Waals surface area contributed by atoms with E-state index in [1.165, 1.54) is 6.92 Å². The Kier molecular flexibility index (Phi) is 6.11. The first-order valence-electron chi connectivity index (χ1n) is 9.99. The molecule has 172 valence electrons. The number of alkyl halides is 3. The third kappa shape index (κ3) is 5.16. The van der Waals surface area contributed by atoms with E-state index >= 15 is 0 Å². The van der Waals surface area contributed by atoms with Gasteiger partial charge in [-0.05, 0) is 38.0 Å². The SMILES string of the molecule is CC(Sc1nc(C2CC2)n(-c2ccccc2)n1)C(=O)Nc1ccc([N+](=O)[O-])cc1C(F)(F)F. The molecule has 0 spiro atoms. The number of rotatable bonds is 7. The van der Waals surface area contributed by atoms with Gasteiger partial charge >= 0.3 is 6.18 Å². The number of para-hydroxylation sites is 1. The molecule has 1 aliphatic carbocycles. The first kappa shape index (κ1) is 22.8. The molecule has 1 N–H and O–H groups in total. The van der Waals surface area contributed by atoms with Crippen LogP contribution in [0.4, 0.5) is 24.5 Å². The Morgan fingerprint density at radius 3 is 2.55 bits per heavy atom. The molecule has 0 radical (unpaired) electrons. The zero-order valence-electron chi connectivity index (χ0n) is 17.2. The number of benzene rings is 2. The van der Waals surface area contributed by atoms with E-state index in [1.807, 2.05) is 30.3 Å². The lowest BCUT2D eigenvalue weighted by Gasteiger charge is -2.15. The van der Waals surface area contributed by atoms with Gasteiger partial charge in [-0.2, -0.15) is 13.2 Å². The number of nitro groups is 1. The predicted molar refractivity (Wildman–Crippen MR) is 115 cm³/mol. The quantitative estimate of drug-likeness (QED) is 0.285. The maximum atomic E-state index is 13.4.